The molecule has 0 saturated carbocycles. The first-order chi connectivity index (χ1) is 9.29. The molecule has 1 aliphatic rings. The van der Waals surface area contributed by atoms with Gasteiger partial charge in [-0.1, -0.05) is 30.3 Å². The third-order valence-corrected chi connectivity index (χ3v) is 3.47. The molecular formula is C15H11N3S. The lowest BCUT2D eigenvalue weighted by atomic mass is 10.1. The predicted molar refractivity (Wildman–Crippen MR) is 80.0 cm³/mol. The minimum Gasteiger partial charge on any atom is -0.332 e. The molecule has 0 radical (unpaired) electrons. The van der Waals surface area contributed by atoms with Gasteiger partial charge in [0, 0.05) is 5.69 Å². The van der Waals surface area contributed by atoms with Crippen molar-refractivity contribution < 1.29 is 0 Å². The summed E-state index contributed by atoms with van der Waals surface area (Å²) in [6.07, 6.45) is 0. The molecule has 0 aliphatic carbocycles. The van der Waals surface area contributed by atoms with E-state index in [1.165, 1.54) is 5.56 Å². The summed E-state index contributed by atoms with van der Waals surface area (Å²) in [5, 5.41) is 13.0. The smallest absolute Gasteiger partial charge is 0.178 e. The quantitative estimate of drug-likeness (QED) is 0.803. The minimum atomic E-state index is 0.626. The summed E-state index contributed by atoms with van der Waals surface area (Å²) < 4.78 is 0. The van der Waals surface area contributed by atoms with Gasteiger partial charge in [-0.05, 0) is 36.0 Å². The summed E-state index contributed by atoms with van der Waals surface area (Å²) in [4.78, 5) is 1.95. The maximum Gasteiger partial charge on any atom is 0.178 e. The highest BCUT2D eigenvalue weighted by Crippen LogP contribution is 2.29. The second kappa shape index (κ2) is 4.71. The zero-order valence-corrected chi connectivity index (χ0v) is 10.9. The van der Waals surface area contributed by atoms with Crippen molar-refractivity contribution in [1.29, 1.82) is 5.26 Å². The van der Waals surface area contributed by atoms with Crippen molar-refractivity contribution in [3.63, 3.8) is 0 Å². The van der Waals surface area contributed by atoms with Crippen molar-refractivity contribution >= 4 is 28.7 Å². The van der Waals surface area contributed by atoms with E-state index in [1.54, 1.807) is 6.07 Å². The van der Waals surface area contributed by atoms with E-state index in [9.17, 15) is 5.26 Å². The number of nitrogens with one attached hydrogen (secondary N) is 1. The van der Waals surface area contributed by atoms with Crippen molar-refractivity contribution in [2.45, 2.75) is 6.54 Å². The summed E-state index contributed by atoms with van der Waals surface area (Å²) in [7, 11) is 0. The van der Waals surface area contributed by atoms with Gasteiger partial charge in [0.15, 0.2) is 5.11 Å². The van der Waals surface area contributed by atoms with Crippen molar-refractivity contribution in [2.75, 3.05) is 10.2 Å². The summed E-state index contributed by atoms with van der Waals surface area (Å²) >= 11 is 5.40. The first kappa shape index (κ1) is 11.7. The number of nitrogens with zero attached hydrogens (tertiary/aromatic N) is 2. The molecule has 3 nitrogen and oxygen atoms in total. The van der Waals surface area contributed by atoms with E-state index >= 15 is 0 Å². The lowest BCUT2D eigenvalue weighted by Gasteiger charge is -2.32. The average Bonchev–Trinajstić information content (AvgIpc) is 2.46. The van der Waals surface area contributed by atoms with Crippen LogP contribution in [0.3, 0.4) is 0 Å². The number of rotatable bonds is 1. The van der Waals surface area contributed by atoms with Gasteiger partial charge in [-0.2, -0.15) is 5.26 Å². The van der Waals surface area contributed by atoms with Crippen LogP contribution in [0, 0.1) is 11.3 Å². The third kappa shape index (κ3) is 2.05. The van der Waals surface area contributed by atoms with Crippen LogP contribution in [0.5, 0.6) is 0 Å². The van der Waals surface area contributed by atoms with Gasteiger partial charge in [0.25, 0.3) is 0 Å². The standard InChI is InChI=1S/C15H11N3S/c16-9-11-5-2-4-8-14(11)18-10-12-6-1-3-7-13(12)17-15(18)19/h1-8H,10H2,(H,17,19). The largest absolute Gasteiger partial charge is 0.332 e. The van der Waals surface area contributed by atoms with E-state index in [0.717, 1.165) is 11.4 Å². The molecule has 0 aromatic heterocycles. The van der Waals surface area contributed by atoms with Gasteiger partial charge >= 0.3 is 0 Å². The number of nitriles is 1. The van der Waals surface area contributed by atoms with E-state index in [4.69, 9.17) is 12.2 Å². The number of benzene rings is 2. The number of hydrogen-bond donors (Lipinski definition) is 1. The normalized spacial score (nSPS) is 13.4. The summed E-state index contributed by atoms with van der Waals surface area (Å²) in [5.74, 6) is 0. The molecule has 4 heteroatoms. The second-order valence-corrected chi connectivity index (χ2v) is 4.69. The molecule has 1 heterocycles. The van der Waals surface area contributed by atoms with Gasteiger partial charge in [0.1, 0.15) is 6.07 Å². The van der Waals surface area contributed by atoms with Gasteiger partial charge in [-0.25, -0.2) is 0 Å². The fraction of sp³-hybridized carbons (Fsp3) is 0.0667. The molecular weight excluding hydrogens is 254 g/mol. The Balaban J connectivity index is 2.04. The van der Waals surface area contributed by atoms with Crippen LogP contribution >= 0.6 is 12.2 Å². The molecule has 2 aromatic carbocycles. The number of hydrogen-bond acceptors (Lipinski definition) is 2. The highest BCUT2D eigenvalue weighted by molar-refractivity contribution is 7.80. The van der Waals surface area contributed by atoms with Crippen LogP contribution < -0.4 is 10.2 Å². The predicted octanol–water partition coefficient (Wildman–Crippen LogP) is 3.28. The van der Waals surface area contributed by atoms with Crippen LogP contribution in [0.2, 0.25) is 0 Å². The maximum atomic E-state index is 9.19. The minimum absolute atomic E-state index is 0.626. The molecule has 1 N–H and O–H groups in total. The second-order valence-electron chi connectivity index (χ2n) is 4.30. The Morgan fingerprint density at radius 1 is 1.11 bits per heavy atom. The first-order valence-electron chi connectivity index (χ1n) is 5.95. The van der Waals surface area contributed by atoms with Crippen LogP contribution in [-0.4, -0.2) is 5.11 Å². The van der Waals surface area contributed by atoms with Gasteiger partial charge < -0.3 is 10.2 Å². The van der Waals surface area contributed by atoms with Crippen molar-refractivity contribution in [1.82, 2.24) is 0 Å². The summed E-state index contributed by atoms with van der Waals surface area (Å²) in [6.45, 7) is 0.681. The topological polar surface area (TPSA) is 39.1 Å². The van der Waals surface area contributed by atoms with E-state index in [-0.39, 0.29) is 0 Å². The van der Waals surface area contributed by atoms with Crippen molar-refractivity contribution in [2.24, 2.45) is 0 Å². The SMILES string of the molecule is N#Cc1ccccc1N1Cc2ccccc2NC1=S. The van der Waals surface area contributed by atoms with Crippen LogP contribution in [-0.2, 0) is 6.54 Å². The first-order valence-corrected chi connectivity index (χ1v) is 6.36. The van der Waals surface area contributed by atoms with Gasteiger partial charge in [0.2, 0.25) is 0 Å². The van der Waals surface area contributed by atoms with Crippen LogP contribution in [0.25, 0.3) is 0 Å². The average molecular weight is 265 g/mol. The molecule has 0 bridgehead atoms. The molecule has 2 aromatic rings. The van der Waals surface area contributed by atoms with Crippen LogP contribution in [0.1, 0.15) is 11.1 Å². The Bertz CT molecular complexity index is 688. The lowest BCUT2D eigenvalue weighted by Crippen LogP contribution is -2.38. The Morgan fingerprint density at radius 2 is 1.84 bits per heavy atom. The molecule has 0 unspecified atom stereocenters. The monoisotopic (exact) mass is 265 g/mol. The molecule has 0 spiro atoms. The molecule has 3 rings (SSSR count). The van der Waals surface area contributed by atoms with E-state index in [1.807, 2.05) is 41.3 Å². The Morgan fingerprint density at radius 3 is 2.68 bits per heavy atom. The van der Waals surface area contributed by atoms with Crippen molar-refractivity contribution in [3.05, 3.63) is 59.7 Å². The Kier molecular flexibility index (Phi) is 2.90. The fourth-order valence-corrected chi connectivity index (χ4v) is 2.48. The summed E-state index contributed by atoms with van der Waals surface area (Å²) in [6, 6.07) is 17.8. The molecule has 0 saturated heterocycles. The van der Waals surface area contributed by atoms with E-state index in [2.05, 4.69) is 17.5 Å². The highest BCUT2D eigenvalue weighted by atomic mass is 32.1. The van der Waals surface area contributed by atoms with Gasteiger partial charge in [0.05, 0.1) is 17.8 Å². The Labute approximate surface area is 117 Å². The van der Waals surface area contributed by atoms with Gasteiger partial charge in [-0.15, -0.1) is 0 Å². The molecule has 0 atom stereocenters. The van der Waals surface area contributed by atoms with Crippen LogP contribution in [0.15, 0.2) is 48.5 Å². The van der Waals surface area contributed by atoms with Gasteiger partial charge in [-0.3, -0.25) is 0 Å². The van der Waals surface area contributed by atoms with E-state index < -0.39 is 0 Å². The molecule has 19 heavy (non-hydrogen) atoms. The van der Waals surface area contributed by atoms with Crippen LogP contribution in [0.4, 0.5) is 11.4 Å². The number of anilines is 2. The highest BCUT2D eigenvalue weighted by Gasteiger charge is 2.22. The fourth-order valence-electron chi connectivity index (χ4n) is 2.20. The zero-order chi connectivity index (χ0) is 13.2. The number of thiocarbonyl (C=S) groups is 1. The molecule has 0 amide bonds. The molecule has 92 valence electrons. The number of para-hydroxylation sites is 2. The summed E-state index contributed by atoms with van der Waals surface area (Å²) in [5.41, 5.74) is 3.69. The lowest BCUT2D eigenvalue weighted by molar-refractivity contribution is 0.992. The van der Waals surface area contributed by atoms with Crippen molar-refractivity contribution in [3.8, 4) is 6.07 Å². The molecule has 0 fully saturated rings. The number of fused-ring (bicyclic) bond motifs is 1. The van der Waals surface area contributed by atoms with E-state index in [0.29, 0.717) is 17.2 Å². The molecule has 1 aliphatic heterocycles. The Hall–Kier alpha value is -2.38. The maximum absolute atomic E-state index is 9.19. The zero-order valence-electron chi connectivity index (χ0n) is 10.1. The third-order valence-electron chi connectivity index (χ3n) is 3.15.